The number of thiocarbonyl (C=S) groups is 1. The highest BCUT2D eigenvalue weighted by molar-refractivity contribution is 7.80. The number of hydrogen-bond acceptors (Lipinski definition) is 6. The lowest BCUT2D eigenvalue weighted by Crippen LogP contribution is -2.47. The topological polar surface area (TPSA) is 59.6 Å². The summed E-state index contributed by atoms with van der Waals surface area (Å²) >= 11 is 5.51. The largest absolute Gasteiger partial charge is 0.368 e. The van der Waals surface area contributed by atoms with Gasteiger partial charge in [-0.2, -0.15) is 9.97 Å². The molecule has 2 saturated heterocycles. The Kier molecular flexibility index (Phi) is 7.85. The number of nitrogens with zero attached hydrogens (tertiary/aromatic N) is 5. The zero-order valence-electron chi connectivity index (χ0n) is 20.1. The maximum atomic E-state index is 5.51. The standard InChI is InChI=1S/C25H37N7S/c1-19(2)17-26-25(33)29-24-27-22(16-23(28-24)32-11-7-8-20(3)18-32)31-14-12-30(13-15-31)21-9-5-4-6-10-21/h4-6,9-10,16,19-20H,7-8,11-15,17-18H2,1-3H3,(H2,26,27,28,29,33)/t20-/m1/s1. The molecule has 0 saturated carbocycles. The number of rotatable bonds is 6. The molecular weight excluding hydrogens is 430 g/mol. The van der Waals surface area contributed by atoms with Crippen molar-refractivity contribution in [3.63, 3.8) is 0 Å². The zero-order chi connectivity index (χ0) is 23.2. The number of hydrogen-bond donors (Lipinski definition) is 2. The van der Waals surface area contributed by atoms with Crippen LogP contribution < -0.4 is 25.3 Å². The van der Waals surface area contributed by atoms with Crippen LogP contribution in [0.4, 0.5) is 23.3 Å². The first-order valence-corrected chi connectivity index (χ1v) is 12.6. The van der Waals surface area contributed by atoms with Gasteiger partial charge < -0.3 is 25.3 Å². The first-order valence-electron chi connectivity index (χ1n) is 12.2. The average molecular weight is 468 g/mol. The minimum absolute atomic E-state index is 0.517. The summed E-state index contributed by atoms with van der Waals surface area (Å²) in [4.78, 5) is 16.9. The van der Waals surface area contributed by atoms with Gasteiger partial charge in [-0.1, -0.05) is 39.0 Å². The highest BCUT2D eigenvalue weighted by Gasteiger charge is 2.23. The normalized spacial score (nSPS) is 19.0. The summed E-state index contributed by atoms with van der Waals surface area (Å²) in [6, 6.07) is 12.8. The Morgan fingerprint density at radius 2 is 1.67 bits per heavy atom. The van der Waals surface area contributed by atoms with Crippen LogP contribution in [-0.2, 0) is 0 Å². The summed E-state index contributed by atoms with van der Waals surface area (Å²) in [6.45, 7) is 13.3. The highest BCUT2D eigenvalue weighted by atomic mass is 32.1. The van der Waals surface area contributed by atoms with Crippen molar-refractivity contribution in [2.24, 2.45) is 11.8 Å². The van der Waals surface area contributed by atoms with Gasteiger partial charge in [-0.05, 0) is 49.0 Å². The van der Waals surface area contributed by atoms with Crippen LogP contribution in [0.1, 0.15) is 33.6 Å². The molecule has 8 heteroatoms. The zero-order valence-corrected chi connectivity index (χ0v) is 20.9. The lowest BCUT2D eigenvalue weighted by atomic mass is 10.0. The van der Waals surface area contributed by atoms with Crippen LogP contribution in [0.2, 0.25) is 0 Å². The first kappa shape index (κ1) is 23.5. The molecule has 1 atom stereocenters. The fraction of sp³-hybridized carbons (Fsp3) is 0.560. The van der Waals surface area contributed by atoms with E-state index in [0.717, 1.165) is 57.4 Å². The Bertz CT molecular complexity index is 912. The average Bonchev–Trinajstić information content (AvgIpc) is 2.83. The molecule has 1 aromatic carbocycles. The molecule has 2 aliphatic heterocycles. The molecular formula is C25H37N7S. The number of benzene rings is 1. The monoisotopic (exact) mass is 467 g/mol. The van der Waals surface area contributed by atoms with E-state index in [1.807, 2.05) is 0 Å². The number of piperidine rings is 1. The van der Waals surface area contributed by atoms with Gasteiger partial charge in [0.25, 0.3) is 0 Å². The van der Waals surface area contributed by atoms with Gasteiger partial charge >= 0.3 is 0 Å². The summed E-state index contributed by atoms with van der Waals surface area (Å²) in [7, 11) is 0. The molecule has 0 amide bonds. The molecule has 2 fully saturated rings. The van der Waals surface area contributed by atoms with Gasteiger partial charge in [0.1, 0.15) is 11.6 Å². The summed E-state index contributed by atoms with van der Waals surface area (Å²) in [5.41, 5.74) is 1.28. The van der Waals surface area contributed by atoms with Gasteiger partial charge in [0.2, 0.25) is 5.95 Å². The maximum Gasteiger partial charge on any atom is 0.232 e. The lowest BCUT2D eigenvalue weighted by molar-refractivity contribution is 0.444. The van der Waals surface area contributed by atoms with Gasteiger partial charge in [-0.25, -0.2) is 0 Å². The smallest absolute Gasteiger partial charge is 0.232 e. The highest BCUT2D eigenvalue weighted by Crippen LogP contribution is 2.27. The fourth-order valence-corrected chi connectivity index (χ4v) is 4.65. The Labute approximate surface area is 203 Å². The van der Waals surface area contributed by atoms with Gasteiger partial charge in [-0.15, -0.1) is 0 Å². The molecule has 178 valence electrons. The predicted molar refractivity (Wildman–Crippen MR) is 143 cm³/mol. The molecule has 2 aromatic rings. The molecule has 0 radical (unpaired) electrons. The van der Waals surface area contributed by atoms with E-state index in [0.29, 0.717) is 22.9 Å². The van der Waals surface area contributed by atoms with Crippen LogP contribution >= 0.6 is 12.2 Å². The summed E-state index contributed by atoms with van der Waals surface area (Å²) in [5.74, 6) is 3.74. The van der Waals surface area contributed by atoms with E-state index in [1.54, 1.807) is 0 Å². The third-order valence-corrected chi connectivity index (χ3v) is 6.55. The van der Waals surface area contributed by atoms with E-state index >= 15 is 0 Å². The molecule has 0 unspecified atom stereocenters. The number of aromatic nitrogens is 2. The van der Waals surface area contributed by atoms with Crippen molar-refractivity contribution in [2.75, 3.05) is 65.8 Å². The van der Waals surface area contributed by atoms with Crippen molar-refractivity contribution in [3.8, 4) is 0 Å². The third-order valence-electron chi connectivity index (χ3n) is 6.30. The Balaban J connectivity index is 1.51. The van der Waals surface area contributed by atoms with E-state index < -0.39 is 0 Å². The molecule has 2 N–H and O–H groups in total. The summed E-state index contributed by atoms with van der Waals surface area (Å²) in [5, 5.41) is 7.08. The first-order chi connectivity index (χ1) is 16.0. The minimum Gasteiger partial charge on any atom is -0.368 e. The molecule has 2 aliphatic rings. The Morgan fingerprint density at radius 3 is 2.33 bits per heavy atom. The summed E-state index contributed by atoms with van der Waals surface area (Å²) < 4.78 is 0. The number of anilines is 4. The Morgan fingerprint density at radius 1 is 1.00 bits per heavy atom. The van der Waals surface area contributed by atoms with Gasteiger partial charge in [0.15, 0.2) is 5.11 Å². The predicted octanol–water partition coefficient (Wildman–Crippen LogP) is 3.98. The second kappa shape index (κ2) is 11.0. The number of para-hydroxylation sites is 1. The molecule has 7 nitrogen and oxygen atoms in total. The van der Waals surface area contributed by atoms with E-state index in [9.17, 15) is 0 Å². The van der Waals surface area contributed by atoms with Crippen molar-refractivity contribution in [3.05, 3.63) is 36.4 Å². The van der Waals surface area contributed by atoms with E-state index in [2.05, 4.69) is 82.5 Å². The van der Waals surface area contributed by atoms with E-state index in [4.69, 9.17) is 22.2 Å². The third kappa shape index (κ3) is 6.47. The molecule has 0 spiro atoms. The fourth-order valence-electron chi connectivity index (χ4n) is 4.47. The van der Waals surface area contributed by atoms with E-state index in [1.165, 1.54) is 18.5 Å². The second-order valence-electron chi connectivity index (χ2n) is 9.64. The Hall–Kier alpha value is -2.61. The quantitative estimate of drug-likeness (QED) is 0.619. The van der Waals surface area contributed by atoms with Crippen molar-refractivity contribution >= 4 is 40.6 Å². The lowest BCUT2D eigenvalue weighted by Gasteiger charge is -2.37. The maximum absolute atomic E-state index is 5.51. The molecule has 0 bridgehead atoms. The van der Waals surface area contributed by atoms with Crippen LogP contribution in [0, 0.1) is 11.8 Å². The summed E-state index contributed by atoms with van der Waals surface area (Å²) in [6.07, 6.45) is 2.48. The van der Waals surface area contributed by atoms with Crippen molar-refractivity contribution in [1.82, 2.24) is 15.3 Å². The van der Waals surface area contributed by atoms with Gasteiger partial charge in [0, 0.05) is 57.6 Å². The SMILES string of the molecule is CC(C)CNC(=S)Nc1nc(N2CCN(c3ccccc3)CC2)cc(N2CCC[C@@H](C)C2)n1. The van der Waals surface area contributed by atoms with Crippen LogP contribution in [-0.4, -0.2) is 60.9 Å². The second-order valence-corrected chi connectivity index (χ2v) is 10.0. The molecule has 0 aliphatic carbocycles. The number of piperazine rings is 1. The van der Waals surface area contributed by atoms with Crippen molar-refractivity contribution in [1.29, 1.82) is 0 Å². The molecule has 1 aromatic heterocycles. The molecule has 3 heterocycles. The van der Waals surface area contributed by atoms with Crippen LogP contribution in [0.15, 0.2) is 36.4 Å². The van der Waals surface area contributed by atoms with Crippen LogP contribution in [0.25, 0.3) is 0 Å². The van der Waals surface area contributed by atoms with Crippen molar-refractivity contribution in [2.45, 2.75) is 33.6 Å². The number of nitrogens with one attached hydrogen (secondary N) is 2. The van der Waals surface area contributed by atoms with E-state index in [-0.39, 0.29) is 0 Å². The molecule has 33 heavy (non-hydrogen) atoms. The van der Waals surface area contributed by atoms with Crippen LogP contribution in [0.5, 0.6) is 0 Å². The van der Waals surface area contributed by atoms with Gasteiger partial charge in [0.05, 0.1) is 0 Å². The minimum atomic E-state index is 0.517. The van der Waals surface area contributed by atoms with Crippen LogP contribution in [0.3, 0.4) is 0 Å². The molecule has 4 rings (SSSR count). The van der Waals surface area contributed by atoms with Crippen molar-refractivity contribution < 1.29 is 0 Å². The van der Waals surface area contributed by atoms with Gasteiger partial charge in [-0.3, -0.25) is 0 Å².